The highest BCUT2D eigenvalue weighted by molar-refractivity contribution is 6.75. The second-order valence-corrected chi connectivity index (χ2v) is 8.59. The Balaban J connectivity index is 1.12. The summed E-state index contributed by atoms with van der Waals surface area (Å²) in [5.41, 5.74) is 5.01. The molecular formula is C28H18B2N2O5. The summed E-state index contributed by atoms with van der Waals surface area (Å²) >= 11 is 0. The molecule has 0 aliphatic carbocycles. The van der Waals surface area contributed by atoms with Crippen LogP contribution in [0.3, 0.4) is 0 Å². The minimum Gasteiger partial charge on any atom is -0.457 e. The molecule has 7 nitrogen and oxygen atoms in total. The largest absolute Gasteiger partial charge is 0.481 e. The van der Waals surface area contributed by atoms with E-state index in [1.165, 1.54) is 0 Å². The summed E-state index contributed by atoms with van der Waals surface area (Å²) in [6.45, 7) is 7.87. The molecule has 6 rings (SSSR count). The molecule has 2 aliphatic rings. The van der Waals surface area contributed by atoms with Crippen LogP contribution >= 0.6 is 0 Å². The van der Waals surface area contributed by atoms with E-state index in [0.29, 0.717) is 47.5 Å². The maximum atomic E-state index is 8.95. The van der Waals surface area contributed by atoms with Gasteiger partial charge in [0, 0.05) is 0 Å². The highest BCUT2D eigenvalue weighted by atomic mass is 16.6. The second kappa shape index (κ2) is 9.85. The lowest BCUT2D eigenvalue weighted by Gasteiger charge is -2.13. The van der Waals surface area contributed by atoms with Crippen LogP contribution in [0.5, 0.6) is 23.0 Å². The summed E-state index contributed by atoms with van der Waals surface area (Å²) in [7, 11) is -1.10. The minimum atomic E-state index is -0.549. The van der Waals surface area contributed by atoms with E-state index in [2.05, 4.69) is 10.9 Å². The quantitative estimate of drug-likeness (QED) is 0.288. The number of hydrogen-bond donors (Lipinski definition) is 0. The molecule has 0 aromatic heterocycles. The molecular weight excluding hydrogens is 466 g/mol. The fraction of sp³-hybridized carbons (Fsp3) is 0.0714. The zero-order chi connectivity index (χ0) is 25.2. The number of rotatable bonds is 6. The fourth-order valence-electron chi connectivity index (χ4n) is 4.31. The van der Waals surface area contributed by atoms with E-state index in [1.54, 1.807) is 48.5 Å². The van der Waals surface area contributed by atoms with Gasteiger partial charge in [0.2, 0.25) is 0 Å². The van der Waals surface area contributed by atoms with Crippen LogP contribution in [-0.4, -0.2) is 14.2 Å². The van der Waals surface area contributed by atoms with Crippen molar-refractivity contribution in [3.8, 4) is 29.1 Å². The summed E-state index contributed by atoms with van der Waals surface area (Å²) in [5, 5.41) is 8.95. The first-order valence-corrected chi connectivity index (χ1v) is 11.7. The predicted octanol–water partition coefficient (Wildman–Crippen LogP) is 4.86. The van der Waals surface area contributed by atoms with E-state index < -0.39 is 14.2 Å². The minimum absolute atomic E-state index is 0.406. The van der Waals surface area contributed by atoms with E-state index >= 15 is 0 Å². The Morgan fingerprint density at radius 2 is 1.19 bits per heavy atom. The number of fused-ring (bicyclic) bond motifs is 2. The molecule has 9 heteroatoms. The van der Waals surface area contributed by atoms with Gasteiger partial charge in [0.1, 0.15) is 23.0 Å². The zero-order valence-corrected chi connectivity index (χ0v) is 19.6. The summed E-state index contributed by atoms with van der Waals surface area (Å²) in [6, 6.07) is 27.6. The average Bonchev–Trinajstić information content (AvgIpc) is 3.53. The normalized spacial score (nSPS) is 13.5. The van der Waals surface area contributed by atoms with Gasteiger partial charge >= 0.3 is 14.2 Å². The molecule has 2 aliphatic heterocycles. The van der Waals surface area contributed by atoms with Gasteiger partial charge in [-0.05, 0) is 82.7 Å². The summed E-state index contributed by atoms with van der Waals surface area (Å²) in [6.07, 6.45) is 0. The number of benzene rings is 4. The molecule has 0 N–H and O–H groups in total. The van der Waals surface area contributed by atoms with Crippen molar-refractivity contribution in [3.63, 3.8) is 0 Å². The molecule has 0 bridgehead atoms. The van der Waals surface area contributed by atoms with Crippen LogP contribution in [-0.2, 0) is 27.1 Å². The SMILES string of the molecule is [C-]#[N+]c1ccc(Oc2ccc3c(c2)COB3OB2OCc3cc(Oc4ccc(C#N)cc4)ccc32)cc1. The van der Waals surface area contributed by atoms with Crippen molar-refractivity contribution < 1.29 is 23.4 Å². The standard InChI is InChI=1S/C28H18B2N2O5/c1-32-22-4-8-24(9-5-22)36-26-11-13-28-21(15-26)18-34-30(28)37-29-27-12-10-25(14-20(27)17-33-29)35-23-6-2-19(16-31)3-7-23/h2-15H,17-18H2. The van der Waals surface area contributed by atoms with Gasteiger partial charge in [0.15, 0.2) is 5.69 Å². The van der Waals surface area contributed by atoms with Gasteiger partial charge in [0.25, 0.3) is 0 Å². The Labute approximate surface area is 214 Å². The third-order valence-corrected chi connectivity index (χ3v) is 6.18. The third kappa shape index (κ3) is 4.80. The molecule has 0 saturated carbocycles. The molecule has 0 amide bonds. The maximum Gasteiger partial charge on any atom is 0.481 e. The Kier molecular flexibility index (Phi) is 6.10. The van der Waals surface area contributed by atoms with E-state index in [4.69, 9.17) is 35.2 Å². The maximum absolute atomic E-state index is 8.95. The van der Waals surface area contributed by atoms with Crippen LogP contribution in [0.15, 0.2) is 84.9 Å². The Bertz CT molecular complexity index is 1430. The average molecular weight is 484 g/mol. The summed E-state index contributed by atoms with van der Waals surface area (Å²) in [4.78, 5) is 3.40. The van der Waals surface area contributed by atoms with Crippen molar-refractivity contribution in [2.24, 2.45) is 0 Å². The van der Waals surface area contributed by atoms with Crippen molar-refractivity contribution in [1.29, 1.82) is 5.26 Å². The number of hydrogen-bond acceptors (Lipinski definition) is 6. The second-order valence-electron chi connectivity index (χ2n) is 8.59. The molecule has 0 spiro atoms. The first-order chi connectivity index (χ1) is 18.2. The molecule has 176 valence electrons. The highest BCUT2D eigenvalue weighted by Crippen LogP contribution is 2.28. The van der Waals surface area contributed by atoms with Gasteiger partial charge in [-0.1, -0.05) is 24.3 Å². The van der Waals surface area contributed by atoms with Crippen LogP contribution < -0.4 is 20.4 Å². The number of ether oxygens (including phenoxy) is 2. The fourth-order valence-corrected chi connectivity index (χ4v) is 4.31. The lowest BCUT2D eigenvalue weighted by molar-refractivity contribution is 0.238. The first kappa shape index (κ1) is 22.9. The van der Waals surface area contributed by atoms with E-state index in [0.717, 1.165) is 22.1 Å². The number of nitriles is 1. The molecule has 0 radical (unpaired) electrons. The Morgan fingerprint density at radius 3 is 1.68 bits per heavy atom. The molecule has 0 unspecified atom stereocenters. The van der Waals surface area contributed by atoms with Crippen molar-refractivity contribution in [2.75, 3.05) is 0 Å². The van der Waals surface area contributed by atoms with Gasteiger partial charge in [0.05, 0.1) is 31.4 Å². The van der Waals surface area contributed by atoms with Gasteiger partial charge in [-0.25, -0.2) is 4.85 Å². The zero-order valence-electron chi connectivity index (χ0n) is 19.6. The van der Waals surface area contributed by atoms with Crippen LogP contribution in [0.2, 0.25) is 0 Å². The van der Waals surface area contributed by atoms with E-state index in [1.807, 2.05) is 36.4 Å². The van der Waals surface area contributed by atoms with Crippen LogP contribution in [0.1, 0.15) is 16.7 Å². The molecule has 0 fully saturated rings. The van der Waals surface area contributed by atoms with E-state index in [9.17, 15) is 0 Å². The topological polar surface area (TPSA) is 74.3 Å². The summed E-state index contributed by atoms with van der Waals surface area (Å²) < 4.78 is 29.9. The molecule has 37 heavy (non-hydrogen) atoms. The summed E-state index contributed by atoms with van der Waals surface area (Å²) in [5.74, 6) is 2.70. The molecule has 2 heterocycles. The highest BCUT2D eigenvalue weighted by Gasteiger charge is 2.39. The first-order valence-electron chi connectivity index (χ1n) is 11.7. The predicted molar refractivity (Wildman–Crippen MR) is 138 cm³/mol. The molecule has 0 atom stereocenters. The van der Waals surface area contributed by atoms with Crippen LogP contribution in [0.4, 0.5) is 5.69 Å². The lowest BCUT2D eigenvalue weighted by Crippen LogP contribution is -2.43. The van der Waals surface area contributed by atoms with Crippen molar-refractivity contribution in [2.45, 2.75) is 13.2 Å². The molecule has 4 aromatic carbocycles. The van der Waals surface area contributed by atoms with Gasteiger partial charge < -0.3 is 23.4 Å². The number of nitrogens with zero attached hydrogens (tertiary/aromatic N) is 2. The third-order valence-electron chi connectivity index (χ3n) is 6.18. The van der Waals surface area contributed by atoms with Crippen molar-refractivity contribution >= 4 is 30.8 Å². The smallest absolute Gasteiger partial charge is 0.457 e. The van der Waals surface area contributed by atoms with Crippen LogP contribution in [0, 0.1) is 17.9 Å². The Hall–Kier alpha value is -4.53. The molecule has 4 aromatic rings. The van der Waals surface area contributed by atoms with E-state index in [-0.39, 0.29) is 0 Å². The lowest BCUT2D eigenvalue weighted by atomic mass is 9.71. The van der Waals surface area contributed by atoms with Crippen molar-refractivity contribution in [3.05, 3.63) is 113 Å². The van der Waals surface area contributed by atoms with Crippen molar-refractivity contribution in [1.82, 2.24) is 0 Å². The Morgan fingerprint density at radius 1 is 0.703 bits per heavy atom. The van der Waals surface area contributed by atoms with Gasteiger partial charge in [-0.3, -0.25) is 0 Å². The monoisotopic (exact) mass is 484 g/mol. The van der Waals surface area contributed by atoms with Gasteiger partial charge in [-0.2, -0.15) is 5.26 Å². The van der Waals surface area contributed by atoms with Gasteiger partial charge in [-0.15, -0.1) is 0 Å². The van der Waals surface area contributed by atoms with Crippen LogP contribution in [0.25, 0.3) is 4.85 Å². The molecule has 0 saturated heterocycles.